The molecule has 4 heteroatoms. The van der Waals surface area contributed by atoms with E-state index in [4.69, 9.17) is 5.11 Å². The van der Waals surface area contributed by atoms with Crippen LogP contribution in [0.15, 0.2) is 18.5 Å². The summed E-state index contributed by atoms with van der Waals surface area (Å²) >= 11 is 0. The van der Waals surface area contributed by atoms with Crippen molar-refractivity contribution in [2.75, 3.05) is 13.2 Å². The molecular formula is C17H22N2O2. The van der Waals surface area contributed by atoms with Gasteiger partial charge in [-0.1, -0.05) is 24.7 Å². The average molecular weight is 286 g/mol. The Balaban J connectivity index is 2.15. The lowest BCUT2D eigenvalue weighted by Gasteiger charge is -2.27. The predicted octanol–water partition coefficient (Wildman–Crippen LogP) is 2.22. The first-order valence-corrected chi connectivity index (χ1v) is 7.58. The van der Waals surface area contributed by atoms with Gasteiger partial charge in [0.1, 0.15) is 0 Å². The number of likely N-dealkylation sites (tertiary alicyclic amines) is 1. The van der Waals surface area contributed by atoms with Crippen LogP contribution in [0.1, 0.15) is 54.9 Å². The largest absolute Gasteiger partial charge is 0.395 e. The van der Waals surface area contributed by atoms with Crippen molar-refractivity contribution in [3.63, 3.8) is 0 Å². The maximum Gasteiger partial charge on any atom is 0.255 e. The highest BCUT2D eigenvalue weighted by Gasteiger charge is 2.23. The fourth-order valence-corrected chi connectivity index (χ4v) is 2.59. The summed E-state index contributed by atoms with van der Waals surface area (Å²) in [5.41, 5.74) is 1.32. The molecule has 2 rings (SSSR count). The number of aliphatic hydroxyl groups excluding tert-OH is 1. The zero-order chi connectivity index (χ0) is 15.1. The highest BCUT2D eigenvalue weighted by molar-refractivity contribution is 5.94. The zero-order valence-electron chi connectivity index (χ0n) is 12.5. The molecule has 0 radical (unpaired) electrons. The molecule has 1 aromatic rings. The van der Waals surface area contributed by atoms with Crippen LogP contribution in [0.5, 0.6) is 0 Å². The van der Waals surface area contributed by atoms with Gasteiger partial charge in [0, 0.05) is 37.0 Å². The highest BCUT2D eigenvalue weighted by Crippen LogP contribution is 2.19. The van der Waals surface area contributed by atoms with E-state index in [9.17, 15) is 4.79 Å². The lowest BCUT2D eigenvalue weighted by molar-refractivity contribution is 0.0697. The Hall–Kier alpha value is -1.86. The smallest absolute Gasteiger partial charge is 0.255 e. The van der Waals surface area contributed by atoms with Gasteiger partial charge in [0.15, 0.2) is 0 Å². The summed E-state index contributed by atoms with van der Waals surface area (Å²) in [6.07, 6.45) is 8.20. The summed E-state index contributed by atoms with van der Waals surface area (Å²) in [4.78, 5) is 18.7. The van der Waals surface area contributed by atoms with E-state index < -0.39 is 0 Å². The topological polar surface area (TPSA) is 53.4 Å². The lowest BCUT2D eigenvalue weighted by Crippen LogP contribution is -2.38. The Morgan fingerprint density at radius 3 is 3.10 bits per heavy atom. The minimum absolute atomic E-state index is 0.0442. The number of rotatable bonds is 2. The predicted molar refractivity (Wildman–Crippen MR) is 81.8 cm³/mol. The fourth-order valence-electron chi connectivity index (χ4n) is 2.59. The minimum atomic E-state index is 0.0442. The van der Waals surface area contributed by atoms with Crippen molar-refractivity contribution < 1.29 is 9.90 Å². The van der Waals surface area contributed by atoms with Crippen LogP contribution in [0.2, 0.25) is 0 Å². The zero-order valence-corrected chi connectivity index (χ0v) is 12.5. The first-order chi connectivity index (χ1) is 10.2. The summed E-state index contributed by atoms with van der Waals surface area (Å²) in [5.74, 6) is 5.82. The molecule has 1 fully saturated rings. The van der Waals surface area contributed by atoms with E-state index in [1.807, 2.05) is 4.90 Å². The molecule has 1 amide bonds. The second-order valence-electron chi connectivity index (χ2n) is 5.43. The number of carbonyl (C=O) groups excluding carboxylic acids is 1. The molecule has 1 aliphatic heterocycles. The molecule has 0 saturated carbocycles. The standard InChI is InChI=1S/C17H22N2O2/c1-14-7-3-2-5-9-19(14)17(21)16-11-15(12-18-13-16)8-4-6-10-20/h11-14,20H,2-3,5-7,9-10H2,1H3. The molecule has 0 aliphatic carbocycles. The Labute approximate surface area is 126 Å². The normalized spacial score (nSPS) is 18.6. The molecule has 0 spiro atoms. The molecule has 1 N–H and O–H groups in total. The number of hydrogen-bond acceptors (Lipinski definition) is 3. The van der Waals surface area contributed by atoms with E-state index in [1.165, 1.54) is 12.8 Å². The van der Waals surface area contributed by atoms with Gasteiger partial charge in [-0.3, -0.25) is 9.78 Å². The second kappa shape index (κ2) is 7.80. The van der Waals surface area contributed by atoms with Crippen molar-refractivity contribution in [2.45, 2.75) is 45.1 Å². The Bertz CT molecular complexity index is 545. The SMILES string of the molecule is CC1CCCCCN1C(=O)c1cncc(C#CCCO)c1. The van der Waals surface area contributed by atoms with Crippen LogP contribution >= 0.6 is 0 Å². The summed E-state index contributed by atoms with van der Waals surface area (Å²) in [6.45, 7) is 2.98. The molecule has 0 aromatic carbocycles. The van der Waals surface area contributed by atoms with Crippen molar-refractivity contribution in [1.82, 2.24) is 9.88 Å². The highest BCUT2D eigenvalue weighted by atomic mass is 16.2. The lowest BCUT2D eigenvalue weighted by atomic mass is 10.1. The van der Waals surface area contributed by atoms with Gasteiger partial charge in [-0.15, -0.1) is 0 Å². The number of pyridine rings is 1. The van der Waals surface area contributed by atoms with Crippen molar-refractivity contribution in [3.8, 4) is 11.8 Å². The molecule has 1 saturated heterocycles. The van der Waals surface area contributed by atoms with E-state index >= 15 is 0 Å². The van der Waals surface area contributed by atoms with Gasteiger partial charge >= 0.3 is 0 Å². The van der Waals surface area contributed by atoms with Crippen molar-refractivity contribution in [1.29, 1.82) is 0 Å². The van der Waals surface area contributed by atoms with Crippen LogP contribution < -0.4 is 0 Å². The Morgan fingerprint density at radius 2 is 2.29 bits per heavy atom. The van der Waals surface area contributed by atoms with Gasteiger partial charge < -0.3 is 10.0 Å². The van der Waals surface area contributed by atoms with Gasteiger partial charge in [-0.05, 0) is 25.8 Å². The quantitative estimate of drug-likeness (QED) is 0.848. The van der Waals surface area contributed by atoms with Crippen LogP contribution in [-0.4, -0.2) is 40.1 Å². The molecular weight excluding hydrogens is 264 g/mol. The van der Waals surface area contributed by atoms with E-state index in [2.05, 4.69) is 23.7 Å². The monoisotopic (exact) mass is 286 g/mol. The number of aliphatic hydroxyl groups is 1. The van der Waals surface area contributed by atoms with E-state index in [-0.39, 0.29) is 18.6 Å². The van der Waals surface area contributed by atoms with E-state index in [1.54, 1.807) is 18.5 Å². The molecule has 4 nitrogen and oxygen atoms in total. The summed E-state index contributed by atoms with van der Waals surface area (Å²) < 4.78 is 0. The second-order valence-corrected chi connectivity index (χ2v) is 5.43. The molecule has 21 heavy (non-hydrogen) atoms. The van der Waals surface area contributed by atoms with Gasteiger partial charge in [0.25, 0.3) is 5.91 Å². The van der Waals surface area contributed by atoms with Crippen LogP contribution in [0, 0.1) is 11.8 Å². The van der Waals surface area contributed by atoms with Gasteiger partial charge in [0.05, 0.1) is 12.2 Å². The fraction of sp³-hybridized carbons (Fsp3) is 0.529. The first-order valence-electron chi connectivity index (χ1n) is 7.58. The number of carbonyl (C=O) groups is 1. The molecule has 1 aliphatic rings. The summed E-state index contributed by atoms with van der Waals surface area (Å²) in [5, 5.41) is 8.73. The maximum absolute atomic E-state index is 12.6. The average Bonchev–Trinajstić information content (AvgIpc) is 2.72. The molecule has 112 valence electrons. The Morgan fingerprint density at radius 1 is 1.43 bits per heavy atom. The van der Waals surface area contributed by atoms with Gasteiger partial charge in [-0.25, -0.2) is 0 Å². The van der Waals surface area contributed by atoms with Crippen LogP contribution in [-0.2, 0) is 0 Å². The summed E-state index contributed by atoms with van der Waals surface area (Å²) in [6, 6.07) is 2.07. The maximum atomic E-state index is 12.6. The first kappa shape index (κ1) is 15.5. The molecule has 2 heterocycles. The van der Waals surface area contributed by atoms with Crippen LogP contribution in [0.4, 0.5) is 0 Å². The van der Waals surface area contributed by atoms with E-state index in [0.717, 1.165) is 24.9 Å². The Kier molecular flexibility index (Phi) is 5.77. The van der Waals surface area contributed by atoms with Crippen molar-refractivity contribution >= 4 is 5.91 Å². The number of amides is 1. The van der Waals surface area contributed by atoms with Crippen molar-refractivity contribution in [3.05, 3.63) is 29.6 Å². The third kappa shape index (κ3) is 4.30. The number of hydrogen-bond donors (Lipinski definition) is 1. The third-order valence-electron chi connectivity index (χ3n) is 3.77. The molecule has 1 atom stereocenters. The summed E-state index contributed by atoms with van der Waals surface area (Å²) in [7, 11) is 0. The molecule has 0 bridgehead atoms. The number of aromatic nitrogens is 1. The minimum Gasteiger partial charge on any atom is -0.395 e. The van der Waals surface area contributed by atoms with Crippen molar-refractivity contribution in [2.24, 2.45) is 0 Å². The molecule has 1 aromatic heterocycles. The number of nitrogens with zero attached hydrogens (tertiary/aromatic N) is 2. The van der Waals surface area contributed by atoms with Crippen LogP contribution in [0.3, 0.4) is 0 Å². The van der Waals surface area contributed by atoms with Gasteiger partial charge in [-0.2, -0.15) is 0 Å². The molecule has 1 unspecified atom stereocenters. The van der Waals surface area contributed by atoms with Gasteiger partial charge in [0.2, 0.25) is 0 Å². The van der Waals surface area contributed by atoms with Crippen LogP contribution in [0.25, 0.3) is 0 Å². The third-order valence-corrected chi connectivity index (χ3v) is 3.77. The van der Waals surface area contributed by atoms with E-state index in [0.29, 0.717) is 12.0 Å².